The topological polar surface area (TPSA) is 79.2 Å². The van der Waals surface area contributed by atoms with Crippen LogP contribution in [0.2, 0.25) is 0 Å². The van der Waals surface area contributed by atoms with E-state index in [9.17, 15) is 15.0 Å². The van der Waals surface area contributed by atoms with Gasteiger partial charge in [0.05, 0.1) is 14.2 Å². The fourth-order valence-corrected chi connectivity index (χ4v) is 2.21. The molecule has 0 aliphatic carbocycles. The number of nitrogens with zero attached hydrogens (tertiary/aromatic N) is 1. The first kappa shape index (κ1) is 16.5. The summed E-state index contributed by atoms with van der Waals surface area (Å²) in [4.78, 5) is 13.9. The maximum absolute atomic E-state index is 12.4. The van der Waals surface area contributed by atoms with Crippen LogP contribution >= 0.6 is 0 Å². The van der Waals surface area contributed by atoms with Gasteiger partial charge in [-0.05, 0) is 35.9 Å². The molecule has 0 radical (unpaired) electrons. The minimum absolute atomic E-state index is 0.0215. The van der Waals surface area contributed by atoms with Gasteiger partial charge in [0.1, 0.15) is 0 Å². The summed E-state index contributed by atoms with van der Waals surface area (Å²) in [6.45, 7) is 0.319. The Bertz CT molecular complexity index is 714. The molecule has 2 aromatic carbocycles. The van der Waals surface area contributed by atoms with Crippen LogP contribution in [0.25, 0.3) is 0 Å². The normalized spacial score (nSPS) is 10.2. The maximum Gasteiger partial charge on any atom is 0.254 e. The molecule has 0 bridgehead atoms. The second kappa shape index (κ2) is 6.91. The Morgan fingerprint density at radius 1 is 1.00 bits per heavy atom. The molecule has 1 amide bonds. The van der Waals surface area contributed by atoms with E-state index in [1.54, 1.807) is 25.2 Å². The van der Waals surface area contributed by atoms with E-state index < -0.39 is 0 Å². The van der Waals surface area contributed by atoms with Gasteiger partial charge in [-0.15, -0.1) is 0 Å². The van der Waals surface area contributed by atoms with Gasteiger partial charge in [-0.2, -0.15) is 0 Å². The molecule has 0 saturated carbocycles. The van der Waals surface area contributed by atoms with Gasteiger partial charge in [0.2, 0.25) is 0 Å². The first-order chi connectivity index (χ1) is 11.0. The summed E-state index contributed by atoms with van der Waals surface area (Å²) >= 11 is 0. The number of phenols is 2. The lowest BCUT2D eigenvalue weighted by Gasteiger charge is -2.18. The summed E-state index contributed by atoms with van der Waals surface area (Å²) in [5.74, 6) is 0.403. The Morgan fingerprint density at radius 3 is 2.30 bits per heavy atom. The molecule has 6 heteroatoms. The zero-order valence-electron chi connectivity index (χ0n) is 13.2. The Kier molecular flexibility index (Phi) is 4.95. The number of rotatable bonds is 5. The summed E-state index contributed by atoms with van der Waals surface area (Å²) in [5, 5.41) is 19.4. The van der Waals surface area contributed by atoms with E-state index >= 15 is 0 Å². The molecule has 0 fully saturated rings. The average molecular weight is 317 g/mol. The lowest BCUT2D eigenvalue weighted by atomic mass is 10.1. The lowest BCUT2D eigenvalue weighted by Crippen LogP contribution is -2.26. The number of hydrogen-bond donors (Lipinski definition) is 2. The molecule has 122 valence electrons. The first-order valence-corrected chi connectivity index (χ1v) is 6.94. The minimum atomic E-state index is -0.224. The Balaban J connectivity index is 2.15. The van der Waals surface area contributed by atoms with E-state index in [0.29, 0.717) is 17.9 Å². The second-order valence-corrected chi connectivity index (χ2v) is 5.05. The number of hydrogen-bond acceptors (Lipinski definition) is 5. The highest BCUT2D eigenvalue weighted by Crippen LogP contribution is 2.28. The van der Waals surface area contributed by atoms with Crippen LogP contribution in [-0.4, -0.2) is 42.3 Å². The second-order valence-electron chi connectivity index (χ2n) is 5.05. The van der Waals surface area contributed by atoms with Crippen LogP contribution in [-0.2, 0) is 6.54 Å². The fourth-order valence-electron chi connectivity index (χ4n) is 2.21. The van der Waals surface area contributed by atoms with E-state index in [4.69, 9.17) is 9.47 Å². The predicted octanol–water partition coefficient (Wildman–Crippen LogP) is 2.39. The first-order valence-electron chi connectivity index (χ1n) is 6.94. The van der Waals surface area contributed by atoms with Gasteiger partial charge < -0.3 is 24.6 Å². The largest absolute Gasteiger partial charge is 0.504 e. The van der Waals surface area contributed by atoms with Crippen LogP contribution in [0.3, 0.4) is 0 Å². The third-order valence-electron chi connectivity index (χ3n) is 3.44. The number of carbonyl (C=O) groups is 1. The standard InChI is InChI=1S/C17H19NO5/c1-18(10-11-4-7-15(22-2)14(20)8-11)17(21)12-5-6-13(19)16(9-12)23-3/h4-9,19-20H,10H2,1-3H3. The van der Waals surface area contributed by atoms with Crippen LogP contribution in [0.15, 0.2) is 36.4 Å². The van der Waals surface area contributed by atoms with Crippen molar-refractivity contribution in [1.82, 2.24) is 4.90 Å². The molecular formula is C17H19NO5. The number of carbonyl (C=O) groups excluding carboxylic acids is 1. The van der Waals surface area contributed by atoms with Crippen molar-refractivity contribution in [1.29, 1.82) is 0 Å². The average Bonchev–Trinajstić information content (AvgIpc) is 2.54. The highest BCUT2D eigenvalue weighted by molar-refractivity contribution is 5.94. The molecule has 0 spiro atoms. The zero-order valence-corrected chi connectivity index (χ0v) is 13.2. The molecule has 0 atom stereocenters. The number of phenolic OH excluding ortho intramolecular Hbond substituents is 2. The summed E-state index contributed by atoms with van der Waals surface area (Å²) in [7, 11) is 4.55. The maximum atomic E-state index is 12.4. The van der Waals surface area contributed by atoms with Crippen LogP contribution in [0, 0.1) is 0 Å². The van der Waals surface area contributed by atoms with Gasteiger partial charge in [0.15, 0.2) is 23.0 Å². The third kappa shape index (κ3) is 3.66. The van der Waals surface area contributed by atoms with Gasteiger partial charge in [-0.25, -0.2) is 0 Å². The molecule has 23 heavy (non-hydrogen) atoms. The number of benzene rings is 2. The van der Waals surface area contributed by atoms with Crippen LogP contribution in [0.4, 0.5) is 0 Å². The predicted molar refractivity (Wildman–Crippen MR) is 85.1 cm³/mol. The van der Waals surface area contributed by atoms with E-state index in [2.05, 4.69) is 0 Å². The van der Waals surface area contributed by atoms with Crippen molar-refractivity contribution in [2.45, 2.75) is 6.54 Å². The molecule has 0 saturated heterocycles. The smallest absolute Gasteiger partial charge is 0.254 e. The molecule has 0 aromatic heterocycles. The van der Waals surface area contributed by atoms with Crippen molar-refractivity contribution in [3.63, 3.8) is 0 Å². The number of aromatic hydroxyl groups is 2. The van der Waals surface area contributed by atoms with E-state index in [1.807, 2.05) is 0 Å². The highest BCUT2D eigenvalue weighted by Gasteiger charge is 2.15. The summed E-state index contributed by atoms with van der Waals surface area (Å²) in [5.41, 5.74) is 1.17. The fraction of sp³-hybridized carbons (Fsp3) is 0.235. The Labute approximate surface area is 134 Å². The molecule has 0 aliphatic rings. The summed E-state index contributed by atoms with van der Waals surface area (Å²) in [6, 6.07) is 9.41. The van der Waals surface area contributed by atoms with Crippen LogP contribution in [0.1, 0.15) is 15.9 Å². The highest BCUT2D eigenvalue weighted by atomic mass is 16.5. The Hall–Kier alpha value is -2.89. The van der Waals surface area contributed by atoms with Crippen molar-refractivity contribution in [3.8, 4) is 23.0 Å². The van der Waals surface area contributed by atoms with E-state index in [1.165, 1.54) is 37.3 Å². The van der Waals surface area contributed by atoms with Gasteiger partial charge in [-0.1, -0.05) is 6.07 Å². The summed E-state index contributed by atoms with van der Waals surface area (Å²) in [6.07, 6.45) is 0. The van der Waals surface area contributed by atoms with Crippen molar-refractivity contribution in [2.75, 3.05) is 21.3 Å². The Morgan fingerprint density at radius 2 is 1.70 bits per heavy atom. The van der Waals surface area contributed by atoms with Crippen molar-refractivity contribution in [3.05, 3.63) is 47.5 Å². The van der Waals surface area contributed by atoms with Gasteiger partial charge in [-0.3, -0.25) is 4.79 Å². The van der Waals surface area contributed by atoms with Crippen molar-refractivity contribution in [2.24, 2.45) is 0 Å². The van der Waals surface area contributed by atoms with E-state index in [0.717, 1.165) is 5.56 Å². The minimum Gasteiger partial charge on any atom is -0.504 e. The molecular weight excluding hydrogens is 298 g/mol. The number of ether oxygens (including phenoxy) is 2. The van der Waals surface area contributed by atoms with Gasteiger partial charge in [0.25, 0.3) is 5.91 Å². The van der Waals surface area contributed by atoms with Gasteiger partial charge in [0, 0.05) is 19.2 Å². The molecule has 6 nitrogen and oxygen atoms in total. The van der Waals surface area contributed by atoms with Gasteiger partial charge >= 0.3 is 0 Å². The molecule has 2 N–H and O–H groups in total. The van der Waals surface area contributed by atoms with Crippen molar-refractivity contribution >= 4 is 5.91 Å². The molecule has 2 aromatic rings. The zero-order chi connectivity index (χ0) is 17.0. The quantitative estimate of drug-likeness (QED) is 0.885. The summed E-state index contributed by atoms with van der Waals surface area (Å²) < 4.78 is 10.00. The van der Waals surface area contributed by atoms with Crippen LogP contribution in [0.5, 0.6) is 23.0 Å². The number of amides is 1. The van der Waals surface area contributed by atoms with Crippen molar-refractivity contribution < 1.29 is 24.5 Å². The van der Waals surface area contributed by atoms with Crippen LogP contribution < -0.4 is 9.47 Å². The molecule has 0 unspecified atom stereocenters. The number of methoxy groups -OCH3 is 2. The molecule has 2 rings (SSSR count). The van der Waals surface area contributed by atoms with E-state index in [-0.39, 0.29) is 23.2 Å². The monoisotopic (exact) mass is 317 g/mol. The lowest BCUT2D eigenvalue weighted by molar-refractivity contribution is 0.0784. The molecule has 0 heterocycles. The third-order valence-corrected chi connectivity index (χ3v) is 3.44. The SMILES string of the molecule is COc1ccc(CN(C)C(=O)c2ccc(O)c(OC)c2)cc1O. The molecule has 0 aliphatic heterocycles.